The Labute approximate surface area is 157 Å². The highest BCUT2D eigenvalue weighted by Gasteiger charge is 2.21. The molecule has 25 heavy (non-hydrogen) atoms. The second kappa shape index (κ2) is 9.13. The van der Waals surface area contributed by atoms with Crippen LogP contribution in [0.25, 0.3) is 0 Å². The second-order valence-corrected chi connectivity index (χ2v) is 7.18. The summed E-state index contributed by atoms with van der Waals surface area (Å²) in [6.45, 7) is 7.85. The predicted molar refractivity (Wildman–Crippen MR) is 104 cm³/mol. The molecule has 1 N–H and O–H groups in total. The number of likely N-dealkylation sites (N-methyl/N-ethyl adjacent to an activating group) is 1. The van der Waals surface area contributed by atoms with Crippen molar-refractivity contribution in [1.82, 2.24) is 10.2 Å². The maximum Gasteiger partial charge on any atom is 0.261 e. The normalized spacial score (nSPS) is 12.2. The summed E-state index contributed by atoms with van der Waals surface area (Å²) in [5, 5.41) is 3.68. The number of Topliss-reactive ketones (excluding diaryl/α,β-unsaturated/α-hetero) is 1. The van der Waals surface area contributed by atoms with Gasteiger partial charge < -0.3 is 5.32 Å². The van der Waals surface area contributed by atoms with E-state index in [2.05, 4.69) is 24.1 Å². The van der Waals surface area contributed by atoms with Crippen LogP contribution in [0.5, 0.6) is 0 Å². The molecule has 1 atom stereocenters. The van der Waals surface area contributed by atoms with Crippen LogP contribution in [0.15, 0.2) is 36.4 Å². The summed E-state index contributed by atoms with van der Waals surface area (Å²) in [6.07, 6.45) is 0. The fourth-order valence-corrected chi connectivity index (χ4v) is 3.85. The minimum Gasteiger partial charge on any atom is -0.349 e. The lowest BCUT2D eigenvalue weighted by Crippen LogP contribution is -2.38. The number of halogens is 1. The number of ketones is 1. The molecule has 0 fully saturated rings. The molecule has 2 aromatic rings. The van der Waals surface area contributed by atoms with Crippen LogP contribution in [0.4, 0.5) is 0 Å². The topological polar surface area (TPSA) is 49.4 Å². The van der Waals surface area contributed by atoms with Crippen LogP contribution in [0.2, 0.25) is 5.02 Å². The summed E-state index contributed by atoms with van der Waals surface area (Å²) in [5.74, 6) is -0.192. The number of carbonyl (C=O) groups excluding carboxylic acids is 2. The SMILES string of the molecule is CCN(CC)[C@H](CNC(=O)c1ccc(C(C)=O)s1)c1ccccc1Cl. The molecule has 6 heteroatoms. The second-order valence-electron chi connectivity index (χ2n) is 5.69. The molecule has 0 radical (unpaired) electrons. The lowest BCUT2D eigenvalue weighted by atomic mass is 10.0. The van der Waals surface area contributed by atoms with E-state index in [0.717, 1.165) is 18.7 Å². The number of rotatable bonds is 8. The van der Waals surface area contributed by atoms with Crippen LogP contribution in [0.3, 0.4) is 0 Å². The van der Waals surface area contributed by atoms with Crippen molar-refractivity contribution in [3.63, 3.8) is 0 Å². The van der Waals surface area contributed by atoms with E-state index in [4.69, 9.17) is 11.6 Å². The van der Waals surface area contributed by atoms with Crippen molar-refractivity contribution in [2.24, 2.45) is 0 Å². The van der Waals surface area contributed by atoms with E-state index in [0.29, 0.717) is 21.3 Å². The third-order valence-corrected chi connectivity index (χ3v) is 5.68. The zero-order valence-corrected chi connectivity index (χ0v) is 16.3. The molecule has 2 rings (SSSR count). The molecule has 134 valence electrons. The van der Waals surface area contributed by atoms with E-state index >= 15 is 0 Å². The zero-order valence-electron chi connectivity index (χ0n) is 14.7. The highest BCUT2D eigenvalue weighted by molar-refractivity contribution is 7.15. The molecule has 4 nitrogen and oxygen atoms in total. The largest absolute Gasteiger partial charge is 0.349 e. The molecule has 0 aliphatic rings. The van der Waals surface area contributed by atoms with Crippen molar-refractivity contribution < 1.29 is 9.59 Å². The van der Waals surface area contributed by atoms with Gasteiger partial charge in [-0.1, -0.05) is 43.6 Å². The smallest absolute Gasteiger partial charge is 0.261 e. The summed E-state index contributed by atoms with van der Waals surface area (Å²) in [7, 11) is 0. The zero-order chi connectivity index (χ0) is 18.4. The van der Waals surface area contributed by atoms with Gasteiger partial charge in [-0.15, -0.1) is 11.3 Å². The monoisotopic (exact) mass is 378 g/mol. The Morgan fingerprint density at radius 2 is 1.76 bits per heavy atom. The van der Waals surface area contributed by atoms with Gasteiger partial charge in [0.25, 0.3) is 5.91 Å². The lowest BCUT2D eigenvalue weighted by molar-refractivity contribution is 0.0938. The summed E-state index contributed by atoms with van der Waals surface area (Å²) in [4.78, 5) is 27.2. The first-order valence-corrected chi connectivity index (χ1v) is 9.54. The Morgan fingerprint density at radius 1 is 1.12 bits per heavy atom. The fraction of sp³-hybridized carbons (Fsp3) is 0.368. The average Bonchev–Trinajstić information content (AvgIpc) is 3.10. The van der Waals surface area contributed by atoms with E-state index in [1.54, 1.807) is 12.1 Å². The number of carbonyl (C=O) groups is 2. The first kappa shape index (κ1) is 19.6. The number of hydrogen-bond acceptors (Lipinski definition) is 4. The molecule has 0 aliphatic heterocycles. The molecule has 0 saturated heterocycles. The van der Waals surface area contributed by atoms with E-state index in [-0.39, 0.29) is 17.7 Å². The van der Waals surface area contributed by atoms with Crippen LogP contribution in [0, 0.1) is 0 Å². The van der Waals surface area contributed by atoms with E-state index in [9.17, 15) is 9.59 Å². The van der Waals surface area contributed by atoms with Crippen molar-refractivity contribution in [1.29, 1.82) is 0 Å². The molecule has 1 aromatic carbocycles. The van der Waals surface area contributed by atoms with Gasteiger partial charge in [-0.05, 0) is 43.8 Å². The summed E-state index contributed by atoms with van der Waals surface area (Å²) in [5.41, 5.74) is 1.00. The Balaban J connectivity index is 2.15. The summed E-state index contributed by atoms with van der Waals surface area (Å²) < 4.78 is 0. The molecular formula is C19H23ClN2O2S. The average molecular weight is 379 g/mol. The maximum atomic E-state index is 12.4. The standard InChI is InChI=1S/C19H23ClN2O2S/c1-4-22(5-2)16(14-8-6-7-9-15(14)20)12-21-19(24)18-11-10-17(25-18)13(3)23/h6-11,16H,4-5,12H2,1-3H3,(H,21,24)/t16-/m1/s1. The Bertz CT molecular complexity index is 741. The van der Waals surface area contributed by atoms with E-state index in [1.807, 2.05) is 24.3 Å². The van der Waals surface area contributed by atoms with Crippen LogP contribution < -0.4 is 5.32 Å². The highest BCUT2D eigenvalue weighted by Crippen LogP contribution is 2.27. The van der Waals surface area contributed by atoms with Gasteiger partial charge in [-0.2, -0.15) is 0 Å². The van der Waals surface area contributed by atoms with Gasteiger partial charge in [0.05, 0.1) is 15.8 Å². The summed E-state index contributed by atoms with van der Waals surface area (Å²) >= 11 is 7.59. The number of nitrogens with zero attached hydrogens (tertiary/aromatic N) is 1. The number of amides is 1. The minimum absolute atomic E-state index is 0.000102. The van der Waals surface area contributed by atoms with Crippen LogP contribution in [0.1, 0.15) is 51.7 Å². The molecular weight excluding hydrogens is 356 g/mol. The molecule has 0 aliphatic carbocycles. The molecule has 0 unspecified atom stereocenters. The van der Waals surface area contributed by atoms with Crippen LogP contribution in [-0.2, 0) is 0 Å². The van der Waals surface area contributed by atoms with Gasteiger partial charge in [0.15, 0.2) is 5.78 Å². The van der Waals surface area contributed by atoms with Gasteiger partial charge in [-0.3, -0.25) is 14.5 Å². The molecule has 1 aromatic heterocycles. The third-order valence-electron chi connectivity index (χ3n) is 4.15. The molecule has 0 saturated carbocycles. The van der Waals surface area contributed by atoms with Crippen LogP contribution >= 0.6 is 22.9 Å². The van der Waals surface area contributed by atoms with Crippen molar-refractivity contribution in [2.45, 2.75) is 26.8 Å². The van der Waals surface area contributed by atoms with E-state index in [1.165, 1.54) is 18.3 Å². The van der Waals surface area contributed by atoms with Crippen molar-refractivity contribution in [3.05, 3.63) is 56.7 Å². The number of hydrogen-bond donors (Lipinski definition) is 1. The third kappa shape index (κ3) is 4.91. The quantitative estimate of drug-likeness (QED) is 0.692. The maximum absolute atomic E-state index is 12.4. The van der Waals surface area contributed by atoms with Crippen molar-refractivity contribution in [2.75, 3.05) is 19.6 Å². The van der Waals surface area contributed by atoms with Crippen molar-refractivity contribution >= 4 is 34.6 Å². The van der Waals surface area contributed by atoms with Crippen molar-refractivity contribution in [3.8, 4) is 0 Å². The Hall–Kier alpha value is -1.69. The number of nitrogens with one attached hydrogen (secondary N) is 1. The van der Waals surface area contributed by atoms with Crippen LogP contribution in [-0.4, -0.2) is 36.2 Å². The lowest BCUT2D eigenvalue weighted by Gasteiger charge is -2.30. The summed E-state index contributed by atoms with van der Waals surface area (Å²) in [6, 6.07) is 11.1. The highest BCUT2D eigenvalue weighted by atomic mass is 35.5. The number of benzene rings is 1. The van der Waals surface area contributed by atoms with Gasteiger partial charge in [0.1, 0.15) is 0 Å². The van der Waals surface area contributed by atoms with Gasteiger partial charge in [-0.25, -0.2) is 0 Å². The van der Waals surface area contributed by atoms with Gasteiger partial charge in [0.2, 0.25) is 0 Å². The number of thiophene rings is 1. The first-order chi connectivity index (χ1) is 12.0. The van der Waals surface area contributed by atoms with Gasteiger partial charge >= 0.3 is 0 Å². The molecule has 1 amide bonds. The minimum atomic E-state index is -0.165. The molecule has 0 bridgehead atoms. The molecule has 1 heterocycles. The fourth-order valence-electron chi connectivity index (χ4n) is 2.77. The van der Waals surface area contributed by atoms with E-state index < -0.39 is 0 Å². The molecule has 0 spiro atoms. The Kier molecular flexibility index (Phi) is 7.17. The first-order valence-electron chi connectivity index (χ1n) is 8.35. The Morgan fingerprint density at radius 3 is 2.32 bits per heavy atom. The predicted octanol–water partition coefficient (Wildman–Crippen LogP) is 4.42. The van der Waals surface area contributed by atoms with Gasteiger partial charge in [0, 0.05) is 11.6 Å².